The minimum absolute atomic E-state index is 0.0519. The Morgan fingerprint density at radius 3 is 3.00 bits per heavy atom. The molecule has 1 saturated carbocycles. The molecule has 1 heterocycles. The Kier molecular flexibility index (Phi) is 3.74. The minimum atomic E-state index is -0.223. The summed E-state index contributed by atoms with van der Waals surface area (Å²) in [6, 6.07) is 4.75. The molecule has 1 aliphatic carbocycles. The fourth-order valence-electron chi connectivity index (χ4n) is 3.64. The summed E-state index contributed by atoms with van der Waals surface area (Å²) in [6.45, 7) is 1.33. The summed E-state index contributed by atoms with van der Waals surface area (Å²) >= 11 is 0. The molecule has 0 aromatic heterocycles. The van der Waals surface area contributed by atoms with Crippen LogP contribution in [0.15, 0.2) is 18.2 Å². The van der Waals surface area contributed by atoms with Gasteiger partial charge in [-0.3, -0.25) is 4.79 Å². The molecule has 3 nitrogen and oxygen atoms in total. The van der Waals surface area contributed by atoms with Gasteiger partial charge in [-0.15, -0.1) is 0 Å². The number of amides is 1. The van der Waals surface area contributed by atoms with Crippen LogP contribution < -0.4 is 10.6 Å². The van der Waals surface area contributed by atoms with Crippen molar-refractivity contribution in [2.75, 3.05) is 18.0 Å². The first-order valence-electron chi connectivity index (χ1n) is 7.50. The number of fused-ring (bicyclic) bond motifs is 1. The second-order valence-electron chi connectivity index (χ2n) is 5.90. The number of nitrogens with two attached hydrogens (primary N) is 1. The van der Waals surface area contributed by atoms with Crippen molar-refractivity contribution >= 4 is 11.6 Å². The quantitative estimate of drug-likeness (QED) is 0.902. The monoisotopic (exact) mass is 276 g/mol. The Morgan fingerprint density at radius 2 is 2.20 bits per heavy atom. The molecule has 0 bridgehead atoms. The molecule has 1 aliphatic heterocycles. The van der Waals surface area contributed by atoms with Crippen molar-refractivity contribution in [2.24, 2.45) is 17.6 Å². The lowest BCUT2D eigenvalue weighted by Gasteiger charge is -2.33. The van der Waals surface area contributed by atoms with Gasteiger partial charge in [0.2, 0.25) is 5.91 Å². The third-order valence-electron chi connectivity index (χ3n) is 4.71. The van der Waals surface area contributed by atoms with Gasteiger partial charge < -0.3 is 10.6 Å². The number of aryl methyl sites for hydroxylation is 1. The Labute approximate surface area is 118 Å². The van der Waals surface area contributed by atoms with Crippen LogP contribution in [0.3, 0.4) is 0 Å². The van der Waals surface area contributed by atoms with Gasteiger partial charge in [0.05, 0.1) is 0 Å². The summed E-state index contributed by atoms with van der Waals surface area (Å²) < 4.78 is 13.3. The van der Waals surface area contributed by atoms with Crippen LogP contribution in [0.25, 0.3) is 0 Å². The molecule has 2 atom stereocenters. The third kappa shape index (κ3) is 2.33. The van der Waals surface area contributed by atoms with E-state index in [-0.39, 0.29) is 17.6 Å². The van der Waals surface area contributed by atoms with Crippen LogP contribution in [-0.2, 0) is 11.2 Å². The largest absolute Gasteiger partial charge is 0.330 e. The summed E-state index contributed by atoms with van der Waals surface area (Å²) in [6.07, 6.45) is 4.83. The van der Waals surface area contributed by atoms with Crippen LogP contribution in [0.1, 0.15) is 31.2 Å². The number of benzene rings is 1. The topological polar surface area (TPSA) is 46.3 Å². The Bertz CT molecular complexity index is 517. The zero-order valence-corrected chi connectivity index (χ0v) is 11.6. The summed E-state index contributed by atoms with van der Waals surface area (Å²) in [7, 11) is 0. The van der Waals surface area contributed by atoms with E-state index in [0.717, 1.165) is 49.9 Å². The Hall–Kier alpha value is -1.42. The lowest BCUT2D eigenvalue weighted by molar-refractivity contribution is -0.123. The zero-order valence-electron chi connectivity index (χ0n) is 11.6. The number of rotatable bonds is 2. The van der Waals surface area contributed by atoms with Crippen molar-refractivity contribution in [3.8, 4) is 0 Å². The molecule has 2 aliphatic rings. The van der Waals surface area contributed by atoms with Gasteiger partial charge in [0.15, 0.2) is 0 Å². The highest BCUT2D eigenvalue weighted by Crippen LogP contribution is 2.36. The van der Waals surface area contributed by atoms with Gasteiger partial charge in [-0.1, -0.05) is 6.42 Å². The molecule has 0 saturated heterocycles. The molecule has 20 heavy (non-hydrogen) atoms. The predicted octanol–water partition coefficient (Wildman–Crippen LogP) is 2.48. The van der Waals surface area contributed by atoms with Crippen molar-refractivity contribution in [1.82, 2.24) is 0 Å². The van der Waals surface area contributed by atoms with Gasteiger partial charge in [-0.05, 0) is 61.9 Å². The lowest BCUT2D eigenvalue weighted by Crippen LogP contribution is -2.41. The number of hydrogen-bond acceptors (Lipinski definition) is 2. The fourth-order valence-corrected chi connectivity index (χ4v) is 3.64. The molecule has 1 amide bonds. The van der Waals surface area contributed by atoms with Crippen LogP contribution in [0, 0.1) is 17.7 Å². The summed E-state index contributed by atoms with van der Waals surface area (Å²) in [5.41, 5.74) is 7.63. The van der Waals surface area contributed by atoms with Crippen LogP contribution in [-0.4, -0.2) is 19.0 Å². The number of nitrogens with zero attached hydrogens (tertiary/aromatic N) is 1. The van der Waals surface area contributed by atoms with E-state index in [0.29, 0.717) is 12.5 Å². The highest BCUT2D eigenvalue weighted by Gasteiger charge is 2.36. The molecule has 4 heteroatoms. The van der Waals surface area contributed by atoms with E-state index in [1.165, 1.54) is 6.07 Å². The average Bonchev–Trinajstić information content (AvgIpc) is 2.94. The maximum atomic E-state index is 13.3. The molecule has 1 aromatic carbocycles. The van der Waals surface area contributed by atoms with Crippen molar-refractivity contribution < 1.29 is 9.18 Å². The molecular weight excluding hydrogens is 255 g/mol. The molecule has 0 unspecified atom stereocenters. The average molecular weight is 276 g/mol. The zero-order chi connectivity index (χ0) is 14.1. The Morgan fingerprint density at radius 1 is 1.35 bits per heavy atom. The van der Waals surface area contributed by atoms with E-state index in [2.05, 4.69) is 0 Å². The molecule has 1 fully saturated rings. The van der Waals surface area contributed by atoms with Crippen LogP contribution in [0.5, 0.6) is 0 Å². The van der Waals surface area contributed by atoms with Gasteiger partial charge in [0.25, 0.3) is 0 Å². The van der Waals surface area contributed by atoms with Gasteiger partial charge >= 0.3 is 0 Å². The van der Waals surface area contributed by atoms with Gasteiger partial charge in [-0.25, -0.2) is 4.39 Å². The smallest absolute Gasteiger partial charge is 0.230 e. The summed E-state index contributed by atoms with van der Waals surface area (Å²) in [5.74, 6) is 0.327. The lowest BCUT2D eigenvalue weighted by atomic mass is 9.92. The van der Waals surface area contributed by atoms with E-state index in [1.807, 2.05) is 4.90 Å². The van der Waals surface area contributed by atoms with Crippen molar-refractivity contribution in [3.63, 3.8) is 0 Å². The maximum absolute atomic E-state index is 13.3. The van der Waals surface area contributed by atoms with Crippen LogP contribution >= 0.6 is 0 Å². The Balaban J connectivity index is 1.87. The summed E-state index contributed by atoms with van der Waals surface area (Å²) in [5, 5.41) is 0. The number of carbonyl (C=O) groups is 1. The number of hydrogen-bond donors (Lipinski definition) is 1. The van der Waals surface area contributed by atoms with Crippen molar-refractivity contribution in [1.29, 1.82) is 0 Å². The number of halogens is 1. The molecule has 2 N–H and O–H groups in total. The number of anilines is 1. The molecule has 3 rings (SSSR count). The second kappa shape index (κ2) is 5.52. The van der Waals surface area contributed by atoms with Gasteiger partial charge in [0, 0.05) is 18.2 Å². The molecule has 0 spiro atoms. The van der Waals surface area contributed by atoms with E-state index < -0.39 is 0 Å². The van der Waals surface area contributed by atoms with Crippen LogP contribution in [0.4, 0.5) is 10.1 Å². The van der Waals surface area contributed by atoms with Gasteiger partial charge in [-0.2, -0.15) is 0 Å². The normalized spacial score (nSPS) is 25.6. The molecule has 1 aromatic rings. The van der Waals surface area contributed by atoms with Gasteiger partial charge in [0.1, 0.15) is 5.82 Å². The fraction of sp³-hybridized carbons (Fsp3) is 0.562. The first-order chi connectivity index (χ1) is 9.70. The molecule has 108 valence electrons. The first-order valence-corrected chi connectivity index (χ1v) is 7.50. The number of carbonyl (C=O) groups excluding carboxylic acids is 1. The SMILES string of the molecule is NC[C@H]1CCC[C@H]1C(=O)N1CCCc2cc(F)ccc21. The van der Waals surface area contributed by atoms with Crippen LogP contribution in [0.2, 0.25) is 0 Å². The minimum Gasteiger partial charge on any atom is -0.330 e. The van der Waals surface area contributed by atoms with Crippen molar-refractivity contribution in [2.45, 2.75) is 32.1 Å². The first kappa shape index (κ1) is 13.6. The highest BCUT2D eigenvalue weighted by molar-refractivity contribution is 5.96. The van der Waals surface area contributed by atoms with E-state index in [9.17, 15) is 9.18 Å². The van der Waals surface area contributed by atoms with Crippen molar-refractivity contribution in [3.05, 3.63) is 29.6 Å². The third-order valence-corrected chi connectivity index (χ3v) is 4.71. The second-order valence-corrected chi connectivity index (χ2v) is 5.90. The molecular formula is C16H21FN2O. The highest BCUT2D eigenvalue weighted by atomic mass is 19.1. The predicted molar refractivity (Wildman–Crippen MR) is 77.0 cm³/mol. The van der Waals surface area contributed by atoms with E-state index >= 15 is 0 Å². The van der Waals surface area contributed by atoms with E-state index in [1.54, 1.807) is 12.1 Å². The van der Waals surface area contributed by atoms with E-state index in [4.69, 9.17) is 5.73 Å². The maximum Gasteiger partial charge on any atom is 0.230 e. The standard InChI is InChI=1S/C16H21FN2O/c17-13-6-7-15-11(9-13)4-2-8-19(15)16(20)14-5-1-3-12(14)10-18/h6-7,9,12,14H,1-5,8,10,18H2/t12-,14-/m1/s1. The summed E-state index contributed by atoms with van der Waals surface area (Å²) in [4.78, 5) is 14.7. The molecule has 0 radical (unpaired) electrons.